The first-order chi connectivity index (χ1) is 16.1. The topological polar surface area (TPSA) is 83.1 Å². The molecule has 3 atom stereocenters. The highest BCUT2D eigenvalue weighted by Gasteiger charge is 2.33. The molecule has 0 aliphatic carbocycles. The fourth-order valence-electron chi connectivity index (χ4n) is 4.52. The van der Waals surface area contributed by atoms with Crippen molar-refractivity contribution in [1.82, 2.24) is 10.2 Å². The third-order valence-corrected chi connectivity index (χ3v) is 6.30. The monoisotopic (exact) mass is 453 g/mol. The van der Waals surface area contributed by atoms with Gasteiger partial charge in [0.05, 0.1) is 18.8 Å². The summed E-state index contributed by atoms with van der Waals surface area (Å²) in [5.74, 6) is 0. The van der Waals surface area contributed by atoms with Crippen molar-refractivity contribution in [2.45, 2.75) is 57.7 Å². The second-order valence-corrected chi connectivity index (χ2v) is 8.82. The molecule has 0 bridgehead atoms. The highest BCUT2D eigenvalue weighted by molar-refractivity contribution is 5.89. The van der Waals surface area contributed by atoms with Crippen molar-refractivity contribution < 1.29 is 19.4 Å². The van der Waals surface area contributed by atoms with Gasteiger partial charge in [0.15, 0.2) is 6.29 Å². The molecule has 0 saturated carbocycles. The van der Waals surface area contributed by atoms with Gasteiger partial charge in [0, 0.05) is 30.8 Å². The zero-order valence-corrected chi connectivity index (χ0v) is 19.3. The van der Waals surface area contributed by atoms with Crippen LogP contribution in [0.15, 0.2) is 48.5 Å². The maximum absolute atomic E-state index is 11.8. The number of nitrogens with zero attached hydrogens (tertiary/aromatic N) is 1. The van der Waals surface area contributed by atoms with Crippen molar-refractivity contribution in [3.05, 3.63) is 65.2 Å². The van der Waals surface area contributed by atoms with Crippen LogP contribution in [0.1, 0.15) is 61.7 Å². The molecule has 2 saturated heterocycles. The maximum Gasteiger partial charge on any atom is 0.319 e. The number of urea groups is 1. The Bertz CT molecular complexity index is 881. The molecule has 0 spiro atoms. The number of nitrogens with one attached hydrogen (secondary N) is 2. The van der Waals surface area contributed by atoms with Gasteiger partial charge in [-0.2, -0.15) is 0 Å². The molecule has 2 aromatic carbocycles. The van der Waals surface area contributed by atoms with Crippen molar-refractivity contribution in [2.24, 2.45) is 0 Å². The van der Waals surface area contributed by atoms with E-state index in [1.165, 1.54) is 19.3 Å². The second-order valence-electron chi connectivity index (χ2n) is 8.82. The molecule has 2 fully saturated rings. The molecule has 178 valence electrons. The van der Waals surface area contributed by atoms with Gasteiger partial charge in [-0.15, -0.1) is 0 Å². The molecule has 33 heavy (non-hydrogen) atoms. The summed E-state index contributed by atoms with van der Waals surface area (Å²) in [4.78, 5) is 14.3. The fourth-order valence-corrected chi connectivity index (χ4v) is 4.52. The number of carbonyl (C=O) groups is 1. The number of aliphatic hydroxyl groups is 1. The summed E-state index contributed by atoms with van der Waals surface area (Å²) in [6.45, 7) is 5.65. The van der Waals surface area contributed by atoms with Crippen LogP contribution in [0.4, 0.5) is 10.5 Å². The molecule has 7 heteroatoms. The first kappa shape index (κ1) is 23.7. The van der Waals surface area contributed by atoms with Crippen LogP contribution in [0.25, 0.3) is 0 Å². The second kappa shape index (κ2) is 11.6. The molecule has 2 heterocycles. The van der Waals surface area contributed by atoms with E-state index in [1.54, 1.807) is 0 Å². The van der Waals surface area contributed by atoms with E-state index in [4.69, 9.17) is 9.47 Å². The van der Waals surface area contributed by atoms with E-state index in [2.05, 4.69) is 15.5 Å². The number of ether oxygens (including phenoxy) is 2. The number of anilines is 1. The van der Waals surface area contributed by atoms with Crippen LogP contribution in [0, 0.1) is 0 Å². The Balaban J connectivity index is 1.49. The van der Waals surface area contributed by atoms with E-state index in [0.29, 0.717) is 6.54 Å². The van der Waals surface area contributed by atoms with Gasteiger partial charge in [-0.25, -0.2) is 4.79 Å². The number of hydrogen-bond donors (Lipinski definition) is 3. The number of amides is 2. The highest BCUT2D eigenvalue weighted by atomic mass is 16.7. The zero-order valence-electron chi connectivity index (χ0n) is 19.3. The Morgan fingerprint density at radius 1 is 1.00 bits per heavy atom. The molecule has 2 amide bonds. The Labute approximate surface area is 196 Å². The van der Waals surface area contributed by atoms with Crippen LogP contribution in [0.2, 0.25) is 0 Å². The van der Waals surface area contributed by atoms with E-state index in [0.717, 1.165) is 48.4 Å². The lowest BCUT2D eigenvalue weighted by molar-refractivity contribution is -0.253. The summed E-state index contributed by atoms with van der Waals surface area (Å²) in [6.07, 6.45) is 4.11. The highest BCUT2D eigenvalue weighted by Crippen LogP contribution is 2.38. The van der Waals surface area contributed by atoms with Gasteiger partial charge < -0.3 is 30.1 Å². The van der Waals surface area contributed by atoms with E-state index < -0.39 is 6.29 Å². The number of likely N-dealkylation sites (tertiary alicyclic amines) is 1. The van der Waals surface area contributed by atoms with Crippen LogP contribution < -0.4 is 10.6 Å². The summed E-state index contributed by atoms with van der Waals surface area (Å²) in [5, 5.41) is 14.9. The molecule has 3 unspecified atom stereocenters. The van der Waals surface area contributed by atoms with Gasteiger partial charge in [0.1, 0.15) is 0 Å². The average molecular weight is 454 g/mol. The van der Waals surface area contributed by atoms with E-state index >= 15 is 0 Å². The van der Waals surface area contributed by atoms with E-state index in [-0.39, 0.29) is 24.8 Å². The lowest BCUT2D eigenvalue weighted by Gasteiger charge is -2.39. The Kier molecular flexibility index (Phi) is 8.34. The largest absolute Gasteiger partial charge is 0.392 e. The van der Waals surface area contributed by atoms with Crippen LogP contribution >= 0.6 is 0 Å². The van der Waals surface area contributed by atoms with Crippen molar-refractivity contribution in [2.75, 3.05) is 31.5 Å². The third kappa shape index (κ3) is 6.54. The number of benzene rings is 2. The summed E-state index contributed by atoms with van der Waals surface area (Å²) >= 11 is 0. The molecule has 2 aromatic rings. The SMILES string of the molecule is CCNC(=O)Nc1ccc(C2OC(CN3CCCCC3)CC(c3ccc(CO)cc3)O2)cc1. The molecule has 0 radical (unpaired) electrons. The summed E-state index contributed by atoms with van der Waals surface area (Å²) in [7, 11) is 0. The van der Waals surface area contributed by atoms with Gasteiger partial charge in [-0.1, -0.05) is 42.8 Å². The minimum Gasteiger partial charge on any atom is -0.392 e. The molecule has 2 aliphatic rings. The molecule has 7 nitrogen and oxygen atoms in total. The Morgan fingerprint density at radius 3 is 2.36 bits per heavy atom. The average Bonchev–Trinajstić information content (AvgIpc) is 2.85. The molecule has 0 aromatic heterocycles. The molecule has 4 rings (SSSR count). The number of aliphatic hydroxyl groups excluding tert-OH is 1. The zero-order chi connectivity index (χ0) is 23.0. The number of piperidine rings is 1. The van der Waals surface area contributed by atoms with Crippen LogP contribution in [-0.4, -0.2) is 48.3 Å². The molecular weight excluding hydrogens is 418 g/mol. The van der Waals surface area contributed by atoms with Crippen LogP contribution in [0.3, 0.4) is 0 Å². The van der Waals surface area contributed by atoms with E-state index in [1.807, 2.05) is 55.5 Å². The van der Waals surface area contributed by atoms with E-state index in [9.17, 15) is 9.90 Å². The van der Waals surface area contributed by atoms with Gasteiger partial charge in [0.2, 0.25) is 0 Å². The normalized spacial score (nSPS) is 23.8. The first-order valence-electron chi connectivity index (χ1n) is 12.0. The van der Waals surface area contributed by atoms with Gasteiger partial charge in [-0.05, 0) is 56.1 Å². The molecule has 2 aliphatic heterocycles. The number of hydrogen-bond acceptors (Lipinski definition) is 5. The quantitative estimate of drug-likeness (QED) is 0.581. The third-order valence-electron chi connectivity index (χ3n) is 6.30. The summed E-state index contributed by atoms with van der Waals surface area (Å²) < 4.78 is 12.8. The first-order valence-corrected chi connectivity index (χ1v) is 12.0. The van der Waals surface area contributed by atoms with Gasteiger partial charge >= 0.3 is 6.03 Å². The fraction of sp³-hybridized carbons (Fsp3) is 0.500. The number of rotatable bonds is 7. The van der Waals surface area contributed by atoms with Gasteiger partial charge in [0.25, 0.3) is 0 Å². The lowest BCUT2D eigenvalue weighted by atomic mass is 9.99. The maximum atomic E-state index is 11.8. The predicted octanol–water partition coefficient (Wildman–Crippen LogP) is 4.35. The predicted molar refractivity (Wildman–Crippen MR) is 128 cm³/mol. The Morgan fingerprint density at radius 2 is 1.70 bits per heavy atom. The standard InChI is InChI=1S/C26H35N3O4/c1-2-27-26(31)28-22-12-10-21(11-13-22)25-32-23(17-29-14-4-3-5-15-29)16-24(33-25)20-8-6-19(18-30)7-9-20/h6-13,23-25,30H,2-5,14-18H2,1H3,(H2,27,28,31). The van der Waals surface area contributed by atoms with Crippen LogP contribution in [-0.2, 0) is 16.1 Å². The van der Waals surface area contributed by atoms with Crippen molar-refractivity contribution in [3.63, 3.8) is 0 Å². The minimum absolute atomic E-state index is 0.0335. The van der Waals surface area contributed by atoms with Crippen molar-refractivity contribution in [1.29, 1.82) is 0 Å². The molecular formula is C26H35N3O4. The minimum atomic E-state index is -0.477. The summed E-state index contributed by atoms with van der Waals surface area (Å²) in [6, 6.07) is 15.4. The number of carbonyl (C=O) groups excluding carboxylic acids is 1. The summed E-state index contributed by atoms with van der Waals surface area (Å²) in [5.41, 5.74) is 3.64. The van der Waals surface area contributed by atoms with Crippen molar-refractivity contribution in [3.8, 4) is 0 Å². The van der Waals surface area contributed by atoms with Gasteiger partial charge in [-0.3, -0.25) is 0 Å². The molecule has 3 N–H and O–H groups in total. The smallest absolute Gasteiger partial charge is 0.319 e. The Hall–Kier alpha value is -2.45. The van der Waals surface area contributed by atoms with Crippen LogP contribution in [0.5, 0.6) is 0 Å². The van der Waals surface area contributed by atoms with Crippen molar-refractivity contribution >= 4 is 11.7 Å². The lowest BCUT2D eigenvalue weighted by Crippen LogP contribution is -2.41.